The Labute approximate surface area is 207 Å². The lowest BCUT2D eigenvalue weighted by atomic mass is 10.0. The third kappa shape index (κ3) is 6.14. The zero-order valence-electron chi connectivity index (χ0n) is 18.4. The fourth-order valence-electron chi connectivity index (χ4n) is 4.11. The largest absolute Gasteiger partial charge is 0.480 e. The number of rotatable bonds is 8. The van der Waals surface area contributed by atoms with Gasteiger partial charge in [0.15, 0.2) is 0 Å². The summed E-state index contributed by atoms with van der Waals surface area (Å²) in [5.41, 5.74) is 1.81. The third-order valence-electron chi connectivity index (χ3n) is 5.80. The number of hydrogen-bond acceptors (Lipinski definition) is 6. The van der Waals surface area contributed by atoms with E-state index in [1.54, 1.807) is 6.07 Å². The van der Waals surface area contributed by atoms with Gasteiger partial charge in [-0.1, -0.05) is 47.5 Å². The van der Waals surface area contributed by atoms with Crippen molar-refractivity contribution in [2.45, 2.75) is 31.8 Å². The fourth-order valence-corrected chi connectivity index (χ4v) is 4.43. The number of benzene rings is 2. The molecule has 1 aromatic heterocycles. The summed E-state index contributed by atoms with van der Waals surface area (Å²) in [6.45, 7) is 1.80. The van der Waals surface area contributed by atoms with Crippen LogP contribution in [0.5, 0.6) is 0 Å². The number of carboxylic acids is 1. The maximum absolute atomic E-state index is 13.0. The van der Waals surface area contributed by atoms with Crippen molar-refractivity contribution in [3.63, 3.8) is 0 Å². The molecule has 0 unspecified atom stereocenters. The molecule has 178 valence electrons. The molecule has 0 bridgehead atoms. The molecule has 1 saturated heterocycles. The van der Waals surface area contributed by atoms with Crippen LogP contribution in [0.4, 0.5) is 0 Å². The maximum Gasteiger partial charge on any atom is 0.323 e. The van der Waals surface area contributed by atoms with Crippen LogP contribution in [0.3, 0.4) is 0 Å². The minimum Gasteiger partial charge on any atom is -0.480 e. The predicted octanol–water partition coefficient (Wildman–Crippen LogP) is 4.16. The van der Waals surface area contributed by atoms with Gasteiger partial charge in [0.1, 0.15) is 13.0 Å². The van der Waals surface area contributed by atoms with Crippen LogP contribution in [-0.4, -0.2) is 62.7 Å². The van der Waals surface area contributed by atoms with Gasteiger partial charge in [-0.25, -0.2) is 0 Å². The molecule has 0 atom stereocenters. The lowest BCUT2D eigenvalue weighted by molar-refractivity contribution is -0.146. The minimum absolute atomic E-state index is 0.142. The van der Waals surface area contributed by atoms with Gasteiger partial charge >= 0.3 is 5.97 Å². The molecule has 0 radical (unpaired) electrons. The maximum atomic E-state index is 13.0. The quantitative estimate of drug-likeness (QED) is 0.493. The fraction of sp³-hybridized carbons (Fsp3) is 0.333. The van der Waals surface area contributed by atoms with Gasteiger partial charge in [-0.2, -0.15) is 0 Å². The van der Waals surface area contributed by atoms with Gasteiger partial charge in [0, 0.05) is 31.2 Å². The first kappa shape index (κ1) is 24.2. The van der Waals surface area contributed by atoms with E-state index < -0.39 is 5.97 Å². The highest BCUT2D eigenvalue weighted by Gasteiger charge is 2.30. The van der Waals surface area contributed by atoms with Crippen molar-refractivity contribution in [1.82, 2.24) is 20.0 Å². The molecule has 0 spiro atoms. The van der Waals surface area contributed by atoms with Crippen molar-refractivity contribution in [3.8, 4) is 11.5 Å². The van der Waals surface area contributed by atoms with Gasteiger partial charge in [-0.05, 0) is 42.7 Å². The van der Waals surface area contributed by atoms with E-state index >= 15 is 0 Å². The molecule has 1 aliphatic heterocycles. The summed E-state index contributed by atoms with van der Waals surface area (Å²) >= 11 is 12.1. The molecule has 0 aliphatic carbocycles. The molecule has 1 aliphatic rings. The van der Waals surface area contributed by atoms with Gasteiger partial charge in [-0.3, -0.25) is 14.5 Å². The Morgan fingerprint density at radius 3 is 2.47 bits per heavy atom. The van der Waals surface area contributed by atoms with Crippen molar-refractivity contribution in [2.24, 2.45) is 0 Å². The molecule has 10 heteroatoms. The molecule has 34 heavy (non-hydrogen) atoms. The molecule has 2 aromatic carbocycles. The lowest BCUT2D eigenvalue weighted by Gasteiger charge is -2.37. The van der Waals surface area contributed by atoms with Crippen LogP contribution < -0.4 is 0 Å². The zero-order chi connectivity index (χ0) is 24.1. The van der Waals surface area contributed by atoms with Crippen LogP contribution in [-0.2, 0) is 22.6 Å². The number of carboxylic acid groups (broad SMARTS) is 1. The highest BCUT2D eigenvalue weighted by atomic mass is 35.5. The van der Waals surface area contributed by atoms with E-state index in [1.165, 1.54) is 4.90 Å². The summed E-state index contributed by atoms with van der Waals surface area (Å²) in [4.78, 5) is 28.2. The summed E-state index contributed by atoms with van der Waals surface area (Å²) in [5, 5.41) is 18.4. The molecule has 1 N–H and O–H groups in total. The van der Waals surface area contributed by atoms with E-state index in [-0.39, 0.29) is 30.8 Å². The SMILES string of the molecule is O=C(O)CN(C(=O)Cc1nnc(-c2ccccc2)o1)C1CCN(Cc2ccc(Cl)c(Cl)c2)CC1. The lowest BCUT2D eigenvalue weighted by Crippen LogP contribution is -2.49. The Kier molecular flexibility index (Phi) is 7.82. The Balaban J connectivity index is 1.37. The number of aliphatic carboxylic acids is 1. The summed E-state index contributed by atoms with van der Waals surface area (Å²) in [6, 6.07) is 14.6. The zero-order valence-corrected chi connectivity index (χ0v) is 19.9. The van der Waals surface area contributed by atoms with Crippen LogP contribution in [0.25, 0.3) is 11.5 Å². The first-order valence-electron chi connectivity index (χ1n) is 10.9. The van der Waals surface area contributed by atoms with E-state index in [0.717, 1.165) is 24.2 Å². The monoisotopic (exact) mass is 502 g/mol. The number of amides is 1. The van der Waals surface area contributed by atoms with Gasteiger partial charge in [-0.15, -0.1) is 10.2 Å². The van der Waals surface area contributed by atoms with E-state index in [1.807, 2.05) is 42.5 Å². The summed E-state index contributed by atoms with van der Waals surface area (Å²) in [5.74, 6) is -0.907. The molecule has 2 heterocycles. The number of nitrogens with zero attached hydrogens (tertiary/aromatic N) is 4. The second-order valence-corrected chi connectivity index (χ2v) is 9.03. The van der Waals surface area contributed by atoms with Crippen LogP contribution >= 0.6 is 23.2 Å². The van der Waals surface area contributed by atoms with E-state index in [9.17, 15) is 14.7 Å². The van der Waals surface area contributed by atoms with Gasteiger partial charge in [0.2, 0.25) is 17.7 Å². The second-order valence-electron chi connectivity index (χ2n) is 8.21. The van der Waals surface area contributed by atoms with Crippen LogP contribution in [0.2, 0.25) is 10.0 Å². The number of hydrogen-bond donors (Lipinski definition) is 1. The number of carbonyl (C=O) groups excluding carboxylic acids is 1. The Morgan fingerprint density at radius 2 is 1.79 bits per heavy atom. The van der Waals surface area contributed by atoms with Crippen molar-refractivity contribution < 1.29 is 19.1 Å². The summed E-state index contributed by atoms with van der Waals surface area (Å²) in [7, 11) is 0. The summed E-state index contributed by atoms with van der Waals surface area (Å²) in [6.07, 6.45) is 1.19. The second kappa shape index (κ2) is 11.0. The topological polar surface area (TPSA) is 99.8 Å². The van der Waals surface area contributed by atoms with Crippen LogP contribution in [0.15, 0.2) is 52.9 Å². The number of aromatic nitrogens is 2. The van der Waals surface area contributed by atoms with E-state index in [0.29, 0.717) is 35.3 Å². The van der Waals surface area contributed by atoms with Crippen molar-refractivity contribution in [1.29, 1.82) is 0 Å². The van der Waals surface area contributed by atoms with Crippen molar-refractivity contribution >= 4 is 35.1 Å². The first-order valence-corrected chi connectivity index (χ1v) is 11.7. The van der Waals surface area contributed by atoms with Gasteiger partial charge in [0.05, 0.1) is 10.0 Å². The molecule has 3 aromatic rings. The first-order chi connectivity index (χ1) is 16.4. The Hall–Kier alpha value is -2.94. The molecule has 1 amide bonds. The molecule has 4 rings (SSSR count). The minimum atomic E-state index is -1.05. The average molecular weight is 503 g/mol. The van der Waals surface area contributed by atoms with Gasteiger partial charge in [0.25, 0.3) is 0 Å². The smallest absolute Gasteiger partial charge is 0.323 e. The van der Waals surface area contributed by atoms with Crippen molar-refractivity contribution in [2.75, 3.05) is 19.6 Å². The third-order valence-corrected chi connectivity index (χ3v) is 6.54. The molecule has 1 fully saturated rings. The molecule has 8 nitrogen and oxygen atoms in total. The van der Waals surface area contributed by atoms with E-state index in [4.69, 9.17) is 27.6 Å². The van der Waals surface area contributed by atoms with E-state index in [2.05, 4.69) is 15.1 Å². The molecular weight excluding hydrogens is 479 g/mol. The number of piperidine rings is 1. The Bertz CT molecular complexity index is 1150. The number of likely N-dealkylation sites (tertiary alicyclic amines) is 1. The van der Waals surface area contributed by atoms with Crippen molar-refractivity contribution in [3.05, 3.63) is 70.0 Å². The molecular formula is C24H24Cl2N4O4. The number of halogens is 2. The highest BCUT2D eigenvalue weighted by molar-refractivity contribution is 6.42. The molecule has 0 saturated carbocycles. The summed E-state index contributed by atoms with van der Waals surface area (Å²) < 4.78 is 5.64. The average Bonchev–Trinajstić information content (AvgIpc) is 3.29. The predicted molar refractivity (Wildman–Crippen MR) is 128 cm³/mol. The van der Waals surface area contributed by atoms with Gasteiger partial charge < -0.3 is 14.4 Å². The number of carbonyl (C=O) groups is 2. The standard InChI is InChI=1S/C24H24Cl2N4O4/c25-19-7-6-16(12-20(19)26)14-29-10-8-18(9-11-29)30(15-23(32)33)22(31)13-21-27-28-24(34-21)17-4-2-1-3-5-17/h1-7,12,18H,8-11,13-15H2,(H,32,33). The van der Waals surface area contributed by atoms with Crippen LogP contribution in [0, 0.1) is 0 Å². The highest BCUT2D eigenvalue weighted by Crippen LogP contribution is 2.25. The van der Waals surface area contributed by atoms with Crippen LogP contribution in [0.1, 0.15) is 24.3 Å². The normalized spacial score (nSPS) is 14.8. The Morgan fingerprint density at radius 1 is 1.06 bits per heavy atom.